The first kappa shape index (κ1) is 31.2. The highest BCUT2D eigenvalue weighted by atomic mass is 31.2. The number of halogens is 1. The fraction of sp³-hybridized carbons (Fsp3) is 0.476. The van der Waals surface area contributed by atoms with E-state index in [1.807, 2.05) is 0 Å². The number of rotatable bonds is 2. The maximum atomic E-state index is 14.7. The molecule has 3 aliphatic rings. The van der Waals surface area contributed by atoms with Gasteiger partial charge in [0.15, 0.2) is 35.1 Å². The van der Waals surface area contributed by atoms with E-state index < -0.39 is 89.3 Å². The standard InChI is InChI=1S/C21H24FN9O13P2/c22-6-1-30(16-9(6)15(23)25-4-26-16)19-12(33)13-8(42-19)3-40-46(37,38)44-14-11(32)7(2-39-45(35,36)43-13)41-20(14)31-5-27-10-17(31)28-21(24)29-18(10)34/h1,4-5,7-8,11-14,19-20,32-33H,2-3H2,(H,35,36)(H,37,38)(H2,23,25,26)(H3,24,28,29,34)/t7-,8-,11-,12-,13-,14-,19-,20-/m1/s1. The molecule has 3 fully saturated rings. The van der Waals surface area contributed by atoms with Crippen molar-refractivity contribution in [3.63, 3.8) is 0 Å². The number of nitrogens with zero attached hydrogens (tertiary/aromatic N) is 6. The molecule has 46 heavy (non-hydrogen) atoms. The van der Waals surface area contributed by atoms with Crippen molar-refractivity contribution in [3.05, 3.63) is 35.0 Å². The number of imidazole rings is 1. The van der Waals surface area contributed by atoms with E-state index in [1.165, 1.54) is 0 Å². The Kier molecular flexibility index (Phi) is 7.51. The summed E-state index contributed by atoms with van der Waals surface area (Å²) in [5.74, 6) is -1.39. The monoisotopic (exact) mass is 691 g/mol. The molecule has 7 heterocycles. The zero-order valence-corrected chi connectivity index (χ0v) is 24.6. The zero-order chi connectivity index (χ0) is 32.7. The summed E-state index contributed by atoms with van der Waals surface area (Å²) >= 11 is 0. The van der Waals surface area contributed by atoms with Crippen LogP contribution in [0.15, 0.2) is 23.6 Å². The first-order valence-corrected chi connectivity index (χ1v) is 16.2. The molecule has 2 bridgehead atoms. The van der Waals surface area contributed by atoms with Gasteiger partial charge in [-0.15, -0.1) is 0 Å². The lowest BCUT2D eigenvalue weighted by atomic mass is 10.1. The minimum atomic E-state index is -5.17. The summed E-state index contributed by atoms with van der Waals surface area (Å²) in [6.07, 6.45) is -10.3. The maximum absolute atomic E-state index is 14.7. The number of hydrogen-bond acceptors (Lipinski definition) is 17. The van der Waals surface area contributed by atoms with Gasteiger partial charge in [-0.3, -0.25) is 32.4 Å². The highest BCUT2D eigenvalue weighted by Gasteiger charge is 2.54. The summed E-state index contributed by atoms with van der Waals surface area (Å²) in [5.41, 5.74) is 10.2. The Bertz CT molecular complexity index is 1990. The van der Waals surface area contributed by atoms with Gasteiger partial charge in [0.2, 0.25) is 5.95 Å². The summed E-state index contributed by atoms with van der Waals surface area (Å²) in [6, 6.07) is 0. The number of phosphoric acid groups is 2. The van der Waals surface area contributed by atoms with Crippen LogP contribution in [0, 0.1) is 5.82 Å². The van der Waals surface area contributed by atoms with E-state index >= 15 is 0 Å². The smallest absolute Gasteiger partial charge is 0.387 e. The fourth-order valence-corrected chi connectivity index (χ4v) is 7.39. The van der Waals surface area contributed by atoms with Gasteiger partial charge in [0.05, 0.1) is 24.9 Å². The molecule has 0 spiro atoms. The number of fused-ring (bicyclic) bond motifs is 5. The third-order valence-electron chi connectivity index (χ3n) is 7.53. The number of nitrogen functional groups attached to an aromatic ring is 2. The first-order chi connectivity index (χ1) is 21.7. The summed E-state index contributed by atoms with van der Waals surface area (Å²) in [5, 5.41) is 21.9. The molecule has 0 aliphatic carbocycles. The van der Waals surface area contributed by atoms with Gasteiger partial charge in [0.25, 0.3) is 5.56 Å². The Balaban J connectivity index is 1.21. The Morgan fingerprint density at radius 1 is 0.913 bits per heavy atom. The van der Waals surface area contributed by atoms with Gasteiger partial charge in [-0.2, -0.15) is 4.98 Å². The van der Waals surface area contributed by atoms with Crippen molar-refractivity contribution in [1.29, 1.82) is 0 Å². The van der Waals surface area contributed by atoms with Gasteiger partial charge in [0.1, 0.15) is 48.8 Å². The van der Waals surface area contributed by atoms with Gasteiger partial charge in [-0.25, -0.2) is 28.5 Å². The summed E-state index contributed by atoms with van der Waals surface area (Å²) in [6.45, 7) is -1.77. The van der Waals surface area contributed by atoms with Crippen molar-refractivity contribution in [1.82, 2.24) is 34.1 Å². The molecule has 0 saturated carbocycles. The number of phosphoric ester groups is 2. The van der Waals surface area contributed by atoms with E-state index in [-0.39, 0.29) is 34.0 Å². The van der Waals surface area contributed by atoms with Crippen LogP contribution < -0.4 is 17.0 Å². The highest BCUT2D eigenvalue weighted by molar-refractivity contribution is 7.47. The van der Waals surface area contributed by atoms with Crippen molar-refractivity contribution in [2.24, 2.45) is 0 Å². The van der Waals surface area contributed by atoms with Crippen LogP contribution in [-0.2, 0) is 36.7 Å². The van der Waals surface area contributed by atoms with Crippen LogP contribution in [0.2, 0.25) is 0 Å². The molecule has 4 aromatic heterocycles. The number of aromatic amines is 1. The van der Waals surface area contributed by atoms with E-state index in [2.05, 4.69) is 24.9 Å². The summed E-state index contributed by atoms with van der Waals surface area (Å²) in [4.78, 5) is 51.4. The van der Waals surface area contributed by atoms with E-state index in [4.69, 9.17) is 39.0 Å². The van der Waals surface area contributed by atoms with E-state index in [0.717, 1.165) is 28.0 Å². The minimum absolute atomic E-state index is 0.109. The van der Waals surface area contributed by atoms with Crippen LogP contribution in [-0.4, -0.2) is 104 Å². The SMILES string of the molecule is Nc1nc2c(ncn2[C@@H]2O[C@@H]3COP(=O)(O)O[C@H]4[C@@H](O)[C@H](n5cc(F)c6c(N)ncnc65)O[C@@H]4COP(=O)(O)O[C@@H]2[C@@H]3O)c(=O)[nH]1. The molecule has 2 unspecified atom stereocenters. The maximum Gasteiger partial charge on any atom is 0.472 e. The molecule has 7 rings (SSSR count). The van der Waals surface area contributed by atoms with Gasteiger partial charge in [-0.05, 0) is 0 Å². The molecule has 3 aliphatic heterocycles. The number of aliphatic hydroxyl groups excluding tert-OH is 2. The molecule has 25 heteroatoms. The largest absolute Gasteiger partial charge is 0.472 e. The number of nitrogens with one attached hydrogen (secondary N) is 1. The van der Waals surface area contributed by atoms with Crippen LogP contribution in [0.4, 0.5) is 16.2 Å². The molecule has 248 valence electrons. The molecular weight excluding hydrogens is 667 g/mol. The molecule has 10 atom stereocenters. The zero-order valence-electron chi connectivity index (χ0n) is 22.8. The molecule has 4 aromatic rings. The molecular formula is C21H24FN9O13P2. The number of aliphatic hydroxyl groups is 2. The summed E-state index contributed by atoms with van der Waals surface area (Å²) in [7, 11) is -10.3. The van der Waals surface area contributed by atoms with Crippen LogP contribution in [0.1, 0.15) is 12.5 Å². The Hall–Kier alpha value is -3.44. The molecule has 0 aromatic carbocycles. The predicted molar refractivity (Wildman–Crippen MR) is 146 cm³/mol. The lowest BCUT2D eigenvalue weighted by Gasteiger charge is -2.25. The normalized spacial score (nSPS) is 37.2. The van der Waals surface area contributed by atoms with Gasteiger partial charge in [-0.1, -0.05) is 0 Å². The highest BCUT2D eigenvalue weighted by Crippen LogP contribution is 2.53. The average Bonchev–Trinajstić information content (AvgIpc) is 3.71. The number of hydrogen-bond donors (Lipinski definition) is 7. The Labute approximate surface area is 253 Å². The molecule has 0 amide bonds. The van der Waals surface area contributed by atoms with E-state index in [0.29, 0.717) is 0 Å². The van der Waals surface area contributed by atoms with Crippen molar-refractivity contribution < 1.29 is 61.1 Å². The molecule has 0 radical (unpaired) electrons. The quantitative estimate of drug-likeness (QED) is 0.116. The Morgan fingerprint density at radius 3 is 2.33 bits per heavy atom. The second kappa shape index (κ2) is 11.1. The number of anilines is 2. The Morgan fingerprint density at radius 2 is 1.59 bits per heavy atom. The topological polar surface area (TPSA) is 317 Å². The first-order valence-electron chi connectivity index (χ1n) is 13.2. The number of nitrogens with two attached hydrogens (primary N) is 2. The van der Waals surface area contributed by atoms with Crippen LogP contribution in [0.25, 0.3) is 22.2 Å². The third-order valence-corrected chi connectivity index (χ3v) is 9.50. The van der Waals surface area contributed by atoms with Crippen LogP contribution in [0.5, 0.6) is 0 Å². The minimum Gasteiger partial charge on any atom is -0.387 e. The van der Waals surface area contributed by atoms with Crippen LogP contribution >= 0.6 is 15.6 Å². The lowest BCUT2D eigenvalue weighted by Crippen LogP contribution is -2.36. The average molecular weight is 691 g/mol. The van der Waals surface area contributed by atoms with Gasteiger partial charge < -0.3 is 45.5 Å². The van der Waals surface area contributed by atoms with E-state index in [1.54, 1.807) is 0 Å². The van der Waals surface area contributed by atoms with Crippen molar-refractivity contribution in [3.8, 4) is 0 Å². The molecule has 9 N–H and O–H groups in total. The molecule has 22 nitrogen and oxygen atoms in total. The van der Waals surface area contributed by atoms with Crippen LogP contribution in [0.3, 0.4) is 0 Å². The van der Waals surface area contributed by atoms with Gasteiger partial charge in [0, 0.05) is 6.20 Å². The van der Waals surface area contributed by atoms with E-state index in [9.17, 15) is 38.3 Å². The van der Waals surface area contributed by atoms with Crippen molar-refractivity contribution >= 4 is 49.6 Å². The fourth-order valence-electron chi connectivity index (χ4n) is 5.50. The van der Waals surface area contributed by atoms with Crippen molar-refractivity contribution in [2.45, 2.75) is 49.1 Å². The third kappa shape index (κ3) is 5.29. The lowest BCUT2D eigenvalue weighted by molar-refractivity contribution is -0.0672. The number of H-pyrrole nitrogens is 1. The predicted octanol–water partition coefficient (Wildman–Crippen LogP) is -1.60. The second-order valence-electron chi connectivity index (χ2n) is 10.4. The van der Waals surface area contributed by atoms with Gasteiger partial charge >= 0.3 is 15.6 Å². The number of aromatic nitrogens is 7. The van der Waals surface area contributed by atoms with Crippen molar-refractivity contribution in [2.75, 3.05) is 24.7 Å². The second-order valence-corrected chi connectivity index (χ2v) is 13.2. The number of ether oxygens (including phenoxy) is 2. The summed E-state index contributed by atoms with van der Waals surface area (Å²) < 4.78 is 75.3. The molecule has 3 saturated heterocycles.